The van der Waals surface area contributed by atoms with Crippen LogP contribution >= 0.6 is 0 Å². The van der Waals surface area contributed by atoms with Crippen LogP contribution in [0, 0.1) is 0 Å². The third-order valence-corrected chi connectivity index (χ3v) is 9.13. The summed E-state index contributed by atoms with van der Waals surface area (Å²) in [6.07, 6.45) is 2.07. The van der Waals surface area contributed by atoms with Crippen LogP contribution in [0.3, 0.4) is 0 Å². The van der Waals surface area contributed by atoms with Crippen molar-refractivity contribution in [3.05, 3.63) is 35.4 Å². The highest BCUT2D eigenvalue weighted by atomic mass is 28.4. The number of carboxylic acid groups (broad SMARTS) is 1. The van der Waals surface area contributed by atoms with E-state index in [1.807, 2.05) is 12.1 Å². The molecule has 1 aliphatic rings. The van der Waals surface area contributed by atoms with Gasteiger partial charge in [-0.15, -0.1) is 0 Å². The molecule has 0 aliphatic heterocycles. The normalized spacial score (nSPS) is 17.9. The van der Waals surface area contributed by atoms with E-state index in [-0.39, 0.29) is 10.6 Å². The van der Waals surface area contributed by atoms with Gasteiger partial charge in [-0.05, 0) is 48.7 Å². The van der Waals surface area contributed by atoms with Crippen LogP contribution in [-0.4, -0.2) is 19.4 Å². The Morgan fingerprint density at radius 2 is 1.70 bits per heavy atom. The van der Waals surface area contributed by atoms with Crippen molar-refractivity contribution < 1.29 is 14.3 Å². The van der Waals surface area contributed by atoms with E-state index in [0.29, 0.717) is 5.56 Å². The van der Waals surface area contributed by atoms with E-state index in [2.05, 4.69) is 33.9 Å². The summed E-state index contributed by atoms with van der Waals surface area (Å²) in [6.45, 7) is 11.2. The average Bonchev–Trinajstić information content (AvgIpc) is 3.08. The molecule has 0 bridgehead atoms. The molecule has 0 spiro atoms. The third-order valence-electron chi connectivity index (χ3n) is 4.62. The number of rotatable bonds is 4. The summed E-state index contributed by atoms with van der Waals surface area (Å²) in [4.78, 5) is 10.9. The SMILES string of the molecule is CC(C)(C)[Si](C)(C)OC1(c2ccc(C(=O)O)cc2)CC1. The number of hydrogen-bond acceptors (Lipinski definition) is 2. The van der Waals surface area contributed by atoms with E-state index >= 15 is 0 Å². The van der Waals surface area contributed by atoms with Crippen molar-refractivity contribution in [3.8, 4) is 0 Å². The predicted molar refractivity (Wildman–Crippen MR) is 82.6 cm³/mol. The quantitative estimate of drug-likeness (QED) is 0.837. The Morgan fingerprint density at radius 3 is 2.05 bits per heavy atom. The molecule has 110 valence electrons. The molecule has 1 fully saturated rings. The Labute approximate surface area is 122 Å². The summed E-state index contributed by atoms with van der Waals surface area (Å²) in [5.41, 5.74) is 1.28. The van der Waals surface area contributed by atoms with Gasteiger partial charge in [0, 0.05) is 0 Å². The lowest BCUT2D eigenvalue weighted by atomic mass is 10.1. The zero-order valence-electron chi connectivity index (χ0n) is 13.0. The van der Waals surface area contributed by atoms with Crippen molar-refractivity contribution in [1.82, 2.24) is 0 Å². The van der Waals surface area contributed by atoms with Crippen molar-refractivity contribution in [2.24, 2.45) is 0 Å². The molecule has 1 saturated carbocycles. The van der Waals surface area contributed by atoms with E-state index in [9.17, 15) is 4.79 Å². The molecule has 0 atom stereocenters. The van der Waals surface area contributed by atoms with Crippen molar-refractivity contribution in [1.29, 1.82) is 0 Å². The van der Waals surface area contributed by atoms with Crippen LogP contribution in [0.25, 0.3) is 0 Å². The number of hydrogen-bond donors (Lipinski definition) is 1. The predicted octanol–water partition coefficient (Wildman–Crippen LogP) is 4.40. The topological polar surface area (TPSA) is 46.5 Å². The molecule has 1 aliphatic carbocycles. The van der Waals surface area contributed by atoms with Gasteiger partial charge in [-0.3, -0.25) is 0 Å². The highest BCUT2D eigenvalue weighted by molar-refractivity contribution is 6.74. The first-order valence-corrected chi connectivity index (χ1v) is 10.0. The highest BCUT2D eigenvalue weighted by Crippen LogP contribution is 2.54. The maximum atomic E-state index is 10.9. The summed E-state index contributed by atoms with van der Waals surface area (Å²) in [7, 11) is -1.81. The van der Waals surface area contributed by atoms with E-state index in [4.69, 9.17) is 9.53 Å². The van der Waals surface area contributed by atoms with E-state index < -0.39 is 14.3 Å². The van der Waals surface area contributed by atoms with Gasteiger partial charge in [-0.2, -0.15) is 0 Å². The van der Waals surface area contributed by atoms with E-state index in [1.165, 1.54) is 0 Å². The second-order valence-electron chi connectivity index (χ2n) is 7.24. The summed E-state index contributed by atoms with van der Waals surface area (Å²) >= 11 is 0. The maximum absolute atomic E-state index is 10.9. The van der Waals surface area contributed by atoms with Gasteiger partial charge in [-0.25, -0.2) is 4.79 Å². The fourth-order valence-corrected chi connectivity index (χ4v) is 3.73. The van der Waals surface area contributed by atoms with Gasteiger partial charge in [0.1, 0.15) is 0 Å². The molecule has 0 saturated heterocycles. The average molecular weight is 292 g/mol. The van der Waals surface area contributed by atoms with Crippen LogP contribution in [0.1, 0.15) is 49.5 Å². The Morgan fingerprint density at radius 1 is 1.20 bits per heavy atom. The van der Waals surface area contributed by atoms with Crippen molar-refractivity contribution in [2.45, 2.75) is 57.3 Å². The maximum Gasteiger partial charge on any atom is 0.335 e. The molecule has 0 unspecified atom stereocenters. The molecular formula is C16H24O3Si. The Kier molecular flexibility index (Phi) is 3.59. The molecule has 1 N–H and O–H groups in total. The molecule has 0 amide bonds. The third kappa shape index (κ3) is 2.81. The molecule has 1 aromatic carbocycles. The molecule has 20 heavy (non-hydrogen) atoms. The van der Waals surface area contributed by atoms with Crippen LogP contribution in [0.5, 0.6) is 0 Å². The van der Waals surface area contributed by atoms with Gasteiger partial charge in [-0.1, -0.05) is 32.9 Å². The summed E-state index contributed by atoms with van der Waals surface area (Å²) in [6, 6.07) is 7.16. The van der Waals surface area contributed by atoms with Gasteiger partial charge in [0.2, 0.25) is 0 Å². The number of benzene rings is 1. The lowest BCUT2D eigenvalue weighted by Crippen LogP contribution is -2.44. The van der Waals surface area contributed by atoms with E-state index in [1.54, 1.807) is 12.1 Å². The zero-order chi connectivity index (χ0) is 15.2. The van der Waals surface area contributed by atoms with Crippen molar-refractivity contribution >= 4 is 14.3 Å². The standard InChI is InChI=1S/C16H24O3Si/c1-15(2,3)20(4,5)19-16(10-11-16)13-8-6-12(7-9-13)14(17)18/h6-9H,10-11H2,1-5H3,(H,17,18). The van der Waals surface area contributed by atoms with Gasteiger partial charge >= 0.3 is 5.97 Å². The Balaban J connectivity index is 2.22. The fraction of sp³-hybridized carbons (Fsp3) is 0.562. The fourth-order valence-electron chi connectivity index (χ4n) is 2.12. The molecular weight excluding hydrogens is 268 g/mol. The lowest BCUT2D eigenvalue weighted by molar-refractivity contribution is 0.0696. The second-order valence-corrected chi connectivity index (χ2v) is 12.0. The molecule has 3 nitrogen and oxygen atoms in total. The first-order valence-electron chi connectivity index (χ1n) is 7.11. The molecule has 0 heterocycles. The van der Waals surface area contributed by atoms with Crippen LogP contribution in [0.4, 0.5) is 0 Å². The van der Waals surface area contributed by atoms with Crippen LogP contribution in [0.2, 0.25) is 18.1 Å². The minimum atomic E-state index is -1.81. The van der Waals surface area contributed by atoms with Gasteiger partial charge in [0.05, 0.1) is 11.2 Å². The van der Waals surface area contributed by atoms with Crippen molar-refractivity contribution in [3.63, 3.8) is 0 Å². The molecule has 4 heteroatoms. The molecule has 0 radical (unpaired) electrons. The number of carbonyl (C=O) groups is 1. The van der Waals surface area contributed by atoms with Gasteiger partial charge in [0.25, 0.3) is 0 Å². The molecule has 0 aromatic heterocycles. The van der Waals surface area contributed by atoms with Crippen LogP contribution in [0.15, 0.2) is 24.3 Å². The summed E-state index contributed by atoms with van der Waals surface area (Å²) in [5.74, 6) is -0.883. The Hall–Kier alpha value is -1.13. The number of carboxylic acids is 1. The summed E-state index contributed by atoms with van der Waals surface area (Å²) < 4.78 is 6.58. The zero-order valence-corrected chi connectivity index (χ0v) is 14.0. The highest BCUT2D eigenvalue weighted by Gasteiger charge is 2.52. The largest absolute Gasteiger partial charge is 0.478 e. The molecule has 2 rings (SSSR count). The monoisotopic (exact) mass is 292 g/mol. The summed E-state index contributed by atoms with van der Waals surface area (Å²) in [5, 5.41) is 9.15. The second kappa shape index (κ2) is 4.71. The smallest absolute Gasteiger partial charge is 0.335 e. The molecule has 1 aromatic rings. The van der Waals surface area contributed by atoms with Gasteiger partial charge < -0.3 is 9.53 Å². The van der Waals surface area contributed by atoms with Crippen LogP contribution in [-0.2, 0) is 10.0 Å². The van der Waals surface area contributed by atoms with Crippen LogP contribution < -0.4 is 0 Å². The number of aromatic carboxylic acids is 1. The minimum absolute atomic E-state index is 0.167. The Bertz CT molecular complexity index is 508. The lowest BCUT2D eigenvalue weighted by Gasteiger charge is -2.39. The van der Waals surface area contributed by atoms with Crippen molar-refractivity contribution in [2.75, 3.05) is 0 Å². The first kappa shape index (κ1) is 15.3. The van der Waals surface area contributed by atoms with E-state index in [0.717, 1.165) is 18.4 Å². The first-order chi connectivity index (χ1) is 9.07. The minimum Gasteiger partial charge on any atom is -0.478 e. The van der Waals surface area contributed by atoms with Gasteiger partial charge in [0.15, 0.2) is 8.32 Å².